The number of anilines is 1. The Morgan fingerprint density at radius 1 is 1.00 bits per heavy atom. The maximum absolute atomic E-state index is 13.0. The van der Waals surface area contributed by atoms with Gasteiger partial charge >= 0.3 is 0 Å². The molecule has 170 valence electrons. The molecule has 0 radical (unpaired) electrons. The highest BCUT2D eigenvalue weighted by Crippen LogP contribution is 2.19. The third-order valence-corrected chi connectivity index (χ3v) is 7.87. The largest absolute Gasteiger partial charge is 0.370 e. The van der Waals surface area contributed by atoms with E-state index in [0.717, 1.165) is 23.5 Å². The highest BCUT2D eigenvalue weighted by Gasteiger charge is 2.21. The number of thiophene rings is 1. The number of carbonyl (C=O) groups excluding carboxylic acids is 1. The van der Waals surface area contributed by atoms with Gasteiger partial charge in [0, 0.05) is 48.9 Å². The second-order valence-corrected chi connectivity index (χ2v) is 10.5. The topological polar surface area (TPSA) is 93.5 Å². The van der Waals surface area contributed by atoms with Gasteiger partial charge in [0.1, 0.15) is 0 Å². The third kappa shape index (κ3) is 5.60. The van der Waals surface area contributed by atoms with E-state index >= 15 is 0 Å². The van der Waals surface area contributed by atoms with E-state index in [4.69, 9.17) is 5.26 Å². The molecule has 1 N–H and O–H groups in total. The lowest BCUT2D eigenvalue weighted by atomic mass is 10.2. The molecule has 4 rings (SSSR count). The summed E-state index contributed by atoms with van der Waals surface area (Å²) in [6, 6.07) is 19.4. The number of sulfonamides is 1. The van der Waals surface area contributed by atoms with Crippen molar-refractivity contribution in [3.05, 3.63) is 82.0 Å². The fraction of sp³-hybridized carbons (Fsp3) is 0.250. The quantitative estimate of drug-likeness (QED) is 0.583. The van der Waals surface area contributed by atoms with Crippen molar-refractivity contribution in [1.29, 1.82) is 5.26 Å². The summed E-state index contributed by atoms with van der Waals surface area (Å²) >= 11 is 1.49. The van der Waals surface area contributed by atoms with Crippen LogP contribution in [0.25, 0.3) is 0 Å². The Morgan fingerprint density at radius 2 is 1.76 bits per heavy atom. The van der Waals surface area contributed by atoms with Gasteiger partial charge in [0.2, 0.25) is 10.0 Å². The molecule has 33 heavy (non-hydrogen) atoms. The number of benzene rings is 2. The molecule has 9 heteroatoms. The second kappa shape index (κ2) is 10.2. The molecule has 7 nitrogen and oxygen atoms in total. The van der Waals surface area contributed by atoms with Gasteiger partial charge in [-0.05, 0) is 66.4 Å². The third-order valence-electron chi connectivity index (χ3n) is 5.57. The molecule has 0 saturated carbocycles. The standard InChI is InChI=1S/C24H24N4O3S2/c25-17-19-4-8-21(9-5-19)27-12-2-13-28(15-14-27)24(29)20-6-10-23(11-7-20)33(30,31)26-18-22-3-1-16-32-22/h1,3-11,16,26H,2,12-15,18H2. The lowest BCUT2D eigenvalue weighted by molar-refractivity contribution is 0.0767. The van der Waals surface area contributed by atoms with E-state index in [9.17, 15) is 13.2 Å². The first-order valence-corrected chi connectivity index (χ1v) is 13.0. The molecule has 0 atom stereocenters. The number of amides is 1. The monoisotopic (exact) mass is 480 g/mol. The summed E-state index contributed by atoms with van der Waals surface area (Å²) in [5.41, 5.74) is 2.13. The van der Waals surface area contributed by atoms with Crippen LogP contribution in [-0.4, -0.2) is 45.4 Å². The van der Waals surface area contributed by atoms with Gasteiger partial charge in [-0.15, -0.1) is 11.3 Å². The lowest BCUT2D eigenvalue weighted by Gasteiger charge is -2.24. The van der Waals surface area contributed by atoms with Crippen molar-refractivity contribution in [2.75, 3.05) is 31.1 Å². The minimum atomic E-state index is -3.65. The maximum Gasteiger partial charge on any atom is 0.253 e. The van der Waals surface area contributed by atoms with Gasteiger partial charge in [-0.3, -0.25) is 4.79 Å². The van der Waals surface area contributed by atoms with Gasteiger partial charge in [0.15, 0.2) is 0 Å². The van der Waals surface area contributed by atoms with Crippen LogP contribution in [0.2, 0.25) is 0 Å². The van der Waals surface area contributed by atoms with E-state index in [-0.39, 0.29) is 17.3 Å². The van der Waals surface area contributed by atoms with Crippen LogP contribution >= 0.6 is 11.3 Å². The summed E-state index contributed by atoms with van der Waals surface area (Å²) < 4.78 is 27.7. The van der Waals surface area contributed by atoms with Crippen molar-refractivity contribution in [2.45, 2.75) is 17.9 Å². The fourth-order valence-corrected chi connectivity index (χ4v) is 5.49. The number of nitrogens with zero attached hydrogens (tertiary/aromatic N) is 3. The van der Waals surface area contributed by atoms with Crippen molar-refractivity contribution in [3.63, 3.8) is 0 Å². The first kappa shape index (κ1) is 23.0. The van der Waals surface area contributed by atoms with E-state index in [2.05, 4.69) is 15.7 Å². The van der Waals surface area contributed by atoms with Gasteiger partial charge in [0.05, 0.1) is 16.5 Å². The summed E-state index contributed by atoms with van der Waals surface area (Å²) in [5, 5.41) is 10.9. The smallest absolute Gasteiger partial charge is 0.253 e. The Balaban J connectivity index is 1.38. The van der Waals surface area contributed by atoms with Gasteiger partial charge in [-0.1, -0.05) is 6.07 Å². The number of hydrogen-bond acceptors (Lipinski definition) is 6. The minimum absolute atomic E-state index is 0.104. The molecule has 0 aliphatic carbocycles. The average molecular weight is 481 g/mol. The number of rotatable bonds is 6. The van der Waals surface area contributed by atoms with Crippen LogP contribution in [-0.2, 0) is 16.6 Å². The van der Waals surface area contributed by atoms with Crippen LogP contribution in [0.3, 0.4) is 0 Å². The Labute approximate surface area is 197 Å². The van der Waals surface area contributed by atoms with Crippen LogP contribution in [0.15, 0.2) is 70.9 Å². The van der Waals surface area contributed by atoms with E-state index in [1.807, 2.05) is 34.5 Å². The van der Waals surface area contributed by atoms with E-state index in [1.54, 1.807) is 24.3 Å². The van der Waals surface area contributed by atoms with Gasteiger partial charge in [-0.25, -0.2) is 13.1 Å². The summed E-state index contributed by atoms with van der Waals surface area (Å²) in [6.45, 7) is 2.96. The molecule has 0 spiro atoms. The van der Waals surface area contributed by atoms with Crippen molar-refractivity contribution < 1.29 is 13.2 Å². The zero-order chi connectivity index (χ0) is 23.3. The van der Waals surface area contributed by atoms with Crippen LogP contribution in [0.1, 0.15) is 27.2 Å². The molecule has 1 aliphatic rings. The SMILES string of the molecule is N#Cc1ccc(N2CCCN(C(=O)c3ccc(S(=O)(=O)NCc4cccs4)cc3)CC2)cc1. The molecule has 1 aliphatic heterocycles. The lowest BCUT2D eigenvalue weighted by Crippen LogP contribution is -2.35. The normalized spacial score (nSPS) is 14.5. The number of nitrogens with one attached hydrogen (secondary N) is 1. The number of hydrogen-bond donors (Lipinski definition) is 1. The highest BCUT2D eigenvalue weighted by atomic mass is 32.2. The molecule has 1 saturated heterocycles. The first-order valence-electron chi connectivity index (χ1n) is 10.6. The van der Waals surface area contributed by atoms with Crippen molar-refractivity contribution in [2.24, 2.45) is 0 Å². The molecule has 0 unspecified atom stereocenters. The predicted molar refractivity (Wildman–Crippen MR) is 129 cm³/mol. The molecule has 3 aromatic rings. The molecule has 1 fully saturated rings. The Hall–Kier alpha value is -3.19. The van der Waals surface area contributed by atoms with Crippen molar-refractivity contribution >= 4 is 33.0 Å². The molecule has 2 aromatic carbocycles. The van der Waals surface area contributed by atoms with Crippen molar-refractivity contribution in [1.82, 2.24) is 9.62 Å². The van der Waals surface area contributed by atoms with E-state index < -0.39 is 10.0 Å². The Kier molecular flexibility index (Phi) is 7.08. The minimum Gasteiger partial charge on any atom is -0.370 e. The van der Waals surface area contributed by atoms with Crippen LogP contribution in [0, 0.1) is 11.3 Å². The molecular formula is C24H24N4O3S2. The van der Waals surface area contributed by atoms with Crippen LogP contribution in [0.5, 0.6) is 0 Å². The number of nitriles is 1. The van der Waals surface area contributed by atoms with E-state index in [0.29, 0.717) is 30.8 Å². The molecule has 2 heterocycles. The second-order valence-electron chi connectivity index (χ2n) is 7.72. The maximum atomic E-state index is 13.0. The zero-order valence-corrected chi connectivity index (χ0v) is 19.6. The van der Waals surface area contributed by atoms with Crippen molar-refractivity contribution in [3.8, 4) is 6.07 Å². The highest BCUT2D eigenvalue weighted by molar-refractivity contribution is 7.89. The zero-order valence-electron chi connectivity index (χ0n) is 18.0. The van der Waals surface area contributed by atoms with Crippen LogP contribution in [0.4, 0.5) is 5.69 Å². The summed E-state index contributed by atoms with van der Waals surface area (Å²) in [5.74, 6) is -0.104. The summed E-state index contributed by atoms with van der Waals surface area (Å²) in [7, 11) is -3.65. The van der Waals surface area contributed by atoms with E-state index in [1.165, 1.54) is 23.5 Å². The number of carbonyl (C=O) groups is 1. The molecular weight excluding hydrogens is 456 g/mol. The summed E-state index contributed by atoms with van der Waals surface area (Å²) in [4.78, 5) is 18.1. The van der Waals surface area contributed by atoms with Gasteiger partial charge in [-0.2, -0.15) is 5.26 Å². The van der Waals surface area contributed by atoms with Gasteiger partial charge in [0.25, 0.3) is 5.91 Å². The Morgan fingerprint density at radius 3 is 2.42 bits per heavy atom. The molecule has 0 bridgehead atoms. The predicted octanol–water partition coefficient (Wildman–Crippen LogP) is 3.45. The molecule has 1 amide bonds. The summed E-state index contributed by atoms with van der Waals surface area (Å²) in [6.07, 6.45) is 0.824. The average Bonchev–Trinajstić information content (AvgIpc) is 3.25. The fourth-order valence-electron chi connectivity index (χ4n) is 3.75. The first-order chi connectivity index (χ1) is 16.0. The molecule has 1 aromatic heterocycles. The van der Waals surface area contributed by atoms with Gasteiger partial charge < -0.3 is 9.80 Å². The Bertz CT molecular complexity index is 1230. The van der Waals surface area contributed by atoms with Crippen LogP contribution < -0.4 is 9.62 Å².